The van der Waals surface area contributed by atoms with Gasteiger partial charge in [0.05, 0.1) is 23.6 Å². The van der Waals surface area contributed by atoms with Gasteiger partial charge < -0.3 is 10.1 Å². The maximum atomic E-state index is 13.2. The van der Waals surface area contributed by atoms with Crippen LogP contribution < -0.4 is 5.32 Å². The van der Waals surface area contributed by atoms with Crippen molar-refractivity contribution in [2.45, 2.75) is 110 Å². The Morgan fingerprint density at radius 2 is 1.57 bits per heavy atom. The van der Waals surface area contributed by atoms with Crippen molar-refractivity contribution < 1.29 is 14.3 Å². The molecule has 2 fully saturated rings. The largest absolute Gasteiger partial charge is 0.469 e. The third kappa shape index (κ3) is 6.60. The molecule has 7 heteroatoms. The number of nitrogens with zero attached hydrogens (tertiary/aromatic N) is 2. The standard InChI is InChI=1S/C30H43N3O3S/c1-29(2,3)23-16-19(17-24(33-23)30(4,5)6)25-22(13-18-11-9-8-10-12-18)32-27(37-25)26(34)31-21-14-20(15-21)28(35)36-7/h16-18,20-21H,8-15H2,1-7H3,(H,31,34). The molecule has 2 aromatic heterocycles. The second-order valence-corrected chi connectivity index (χ2v) is 14.0. The first-order valence-corrected chi connectivity index (χ1v) is 14.6. The summed E-state index contributed by atoms with van der Waals surface area (Å²) in [6, 6.07) is 4.38. The number of hydrogen-bond acceptors (Lipinski definition) is 6. The zero-order valence-corrected chi connectivity index (χ0v) is 24.4. The fourth-order valence-corrected chi connectivity index (χ4v) is 6.23. The van der Waals surface area contributed by atoms with E-state index >= 15 is 0 Å². The fourth-order valence-electron chi connectivity index (χ4n) is 5.25. The van der Waals surface area contributed by atoms with E-state index < -0.39 is 0 Å². The summed E-state index contributed by atoms with van der Waals surface area (Å²) in [5.41, 5.74) is 4.08. The SMILES string of the molecule is COC(=O)C1CC(NC(=O)c2nc(CC3CCCCC3)c(-c3cc(C(C)(C)C)nc(C(C)(C)C)c3)s2)C1. The second-order valence-electron chi connectivity index (χ2n) is 13.0. The van der Waals surface area contributed by atoms with Crippen LogP contribution in [0.3, 0.4) is 0 Å². The molecule has 37 heavy (non-hydrogen) atoms. The molecule has 1 N–H and O–H groups in total. The number of carbonyl (C=O) groups excluding carboxylic acids is 2. The number of ether oxygens (including phenoxy) is 1. The summed E-state index contributed by atoms with van der Waals surface area (Å²) < 4.78 is 4.83. The smallest absolute Gasteiger partial charge is 0.308 e. The van der Waals surface area contributed by atoms with Crippen LogP contribution in [0, 0.1) is 11.8 Å². The summed E-state index contributed by atoms with van der Waals surface area (Å²) in [5, 5.41) is 3.61. The highest BCUT2D eigenvalue weighted by Crippen LogP contribution is 2.38. The molecule has 0 unspecified atom stereocenters. The van der Waals surface area contributed by atoms with Gasteiger partial charge in [-0.05, 0) is 42.9 Å². The number of pyridine rings is 1. The van der Waals surface area contributed by atoms with Crippen molar-refractivity contribution in [3.8, 4) is 10.4 Å². The lowest BCUT2D eigenvalue weighted by atomic mass is 9.80. The van der Waals surface area contributed by atoms with Gasteiger partial charge in [-0.25, -0.2) is 4.98 Å². The zero-order valence-electron chi connectivity index (χ0n) is 23.6. The summed E-state index contributed by atoms with van der Waals surface area (Å²) in [4.78, 5) is 36.1. The molecular formula is C30H43N3O3S. The molecule has 0 bridgehead atoms. The Kier molecular flexibility index (Phi) is 8.13. The molecule has 2 aliphatic carbocycles. The minimum atomic E-state index is -0.196. The van der Waals surface area contributed by atoms with E-state index in [1.165, 1.54) is 50.6 Å². The maximum absolute atomic E-state index is 13.2. The first-order chi connectivity index (χ1) is 17.3. The van der Waals surface area contributed by atoms with Crippen molar-refractivity contribution in [1.82, 2.24) is 15.3 Å². The molecule has 0 aromatic carbocycles. The highest BCUT2D eigenvalue weighted by molar-refractivity contribution is 7.17. The predicted molar refractivity (Wildman–Crippen MR) is 149 cm³/mol. The number of aromatic nitrogens is 2. The monoisotopic (exact) mass is 525 g/mol. The molecule has 0 saturated heterocycles. The number of esters is 1. The van der Waals surface area contributed by atoms with Crippen LogP contribution in [-0.2, 0) is 26.8 Å². The Labute approximate surface area is 226 Å². The van der Waals surface area contributed by atoms with E-state index in [1.807, 2.05) is 0 Å². The molecular weight excluding hydrogens is 482 g/mol. The number of rotatable bonds is 6. The molecule has 1 amide bonds. The zero-order chi connectivity index (χ0) is 27.0. The summed E-state index contributed by atoms with van der Waals surface area (Å²) in [6.07, 6.45) is 8.48. The van der Waals surface area contributed by atoms with E-state index in [2.05, 4.69) is 59.0 Å². The third-order valence-corrected chi connectivity index (χ3v) is 8.88. The lowest BCUT2D eigenvalue weighted by molar-refractivity contribution is -0.149. The molecule has 0 spiro atoms. The van der Waals surface area contributed by atoms with Crippen LogP contribution >= 0.6 is 11.3 Å². The lowest BCUT2D eigenvalue weighted by Gasteiger charge is -2.33. The maximum Gasteiger partial charge on any atom is 0.308 e. The molecule has 2 heterocycles. The van der Waals surface area contributed by atoms with E-state index in [4.69, 9.17) is 14.7 Å². The van der Waals surface area contributed by atoms with Crippen LogP contribution in [0.2, 0.25) is 0 Å². The van der Waals surface area contributed by atoms with E-state index in [0.717, 1.165) is 33.9 Å². The number of carbonyl (C=O) groups is 2. The number of nitrogens with one attached hydrogen (secondary N) is 1. The van der Waals surface area contributed by atoms with Crippen LogP contribution in [-0.4, -0.2) is 35.0 Å². The van der Waals surface area contributed by atoms with Crippen LogP contribution in [0.15, 0.2) is 12.1 Å². The molecule has 2 aromatic rings. The van der Waals surface area contributed by atoms with E-state index in [-0.39, 0.29) is 34.7 Å². The van der Waals surface area contributed by atoms with Gasteiger partial charge in [0.1, 0.15) is 0 Å². The highest BCUT2D eigenvalue weighted by atomic mass is 32.1. The van der Waals surface area contributed by atoms with Gasteiger partial charge in [0, 0.05) is 28.3 Å². The third-order valence-electron chi connectivity index (χ3n) is 7.73. The van der Waals surface area contributed by atoms with Crippen LogP contribution in [0.5, 0.6) is 0 Å². The minimum Gasteiger partial charge on any atom is -0.469 e. The molecule has 0 atom stereocenters. The highest BCUT2D eigenvalue weighted by Gasteiger charge is 2.37. The van der Waals surface area contributed by atoms with Crippen molar-refractivity contribution in [1.29, 1.82) is 0 Å². The molecule has 2 saturated carbocycles. The van der Waals surface area contributed by atoms with Crippen LogP contribution in [0.4, 0.5) is 0 Å². The average Bonchev–Trinajstić information content (AvgIpc) is 3.23. The van der Waals surface area contributed by atoms with Gasteiger partial charge in [0.25, 0.3) is 5.91 Å². The van der Waals surface area contributed by atoms with Gasteiger partial charge in [-0.1, -0.05) is 73.6 Å². The van der Waals surface area contributed by atoms with Crippen molar-refractivity contribution in [2.24, 2.45) is 11.8 Å². The first kappa shape index (κ1) is 27.7. The lowest BCUT2D eigenvalue weighted by Crippen LogP contribution is -2.47. The Hall–Kier alpha value is -2.28. The Morgan fingerprint density at radius 3 is 2.11 bits per heavy atom. The van der Waals surface area contributed by atoms with Crippen molar-refractivity contribution in [2.75, 3.05) is 7.11 Å². The quantitative estimate of drug-likeness (QED) is 0.430. The normalized spacial score (nSPS) is 20.8. The first-order valence-electron chi connectivity index (χ1n) is 13.8. The number of methoxy groups -OCH3 is 1. The summed E-state index contributed by atoms with van der Waals surface area (Å²) in [6.45, 7) is 13.2. The molecule has 6 nitrogen and oxygen atoms in total. The van der Waals surface area contributed by atoms with E-state index in [1.54, 1.807) is 0 Å². The number of thiazole rings is 1. The van der Waals surface area contributed by atoms with Crippen LogP contribution in [0.25, 0.3) is 10.4 Å². The van der Waals surface area contributed by atoms with Gasteiger partial charge in [0.2, 0.25) is 0 Å². The summed E-state index contributed by atoms with van der Waals surface area (Å²) in [7, 11) is 1.41. The molecule has 0 radical (unpaired) electrons. The molecule has 2 aliphatic rings. The molecule has 4 rings (SSSR count). The average molecular weight is 526 g/mol. The van der Waals surface area contributed by atoms with Gasteiger partial charge in [-0.2, -0.15) is 0 Å². The van der Waals surface area contributed by atoms with Gasteiger partial charge >= 0.3 is 5.97 Å². The fraction of sp³-hybridized carbons (Fsp3) is 0.667. The van der Waals surface area contributed by atoms with Crippen molar-refractivity contribution in [3.05, 3.63) is 34.2 Å². The Balaban J connectivity index is 1.67. The van der Waals surface area contributed by atoms with Gasteiger partial charge in [-0.15, -0.1) is 11.3 Å². The molecule has 202 valence electrons. The Morgan fingerprint density at radius 1 is 0.973 bits per heavy atom. The van der Waals surface area contributed by atoms with Gasteiger partial charge in [-0.3, -0.25) is 14.6 Å². The van der Waals surface area contributed by atoms with E-state index in [0.29, 0.717) is 23.8 Å². The van der Waals surface area contributed by atoms with Crippen molar-refractivity contribution >= 4 is 23.2 Å². The number of amides is 1. The minimum absolute atomic E-state index is 0.00773. The predicted octanol–water partition coefficient (Wildman–Crippen LogP) is 6.60. The second kappa shape index (κ2) is 10.8. The van der Waals surface area contributed by atoms with Crippen molar-refractivity contribution in [3.63, 3.8) is 0 Å². The summed E-state index contributed by atoms with van der Waals surface area (Å²) in [5.74, 6) is 0.158. The Bertz CT molecular complexity index is 1100. The van der Waals surface area contributed by atoms with Gasteiger partial charge in [0.15, 0.2) is 5.01 Å². The number of hydrogen-bond donors (Lipinski definition) is 1. The molecule has 0 aliphatic heterocycles. The summed E-state index contributed by atoms with van der Waals surface area (Å²) >= 11 is 1.49. The van der Waals surface area contributed by atoms with Crippen LogP contribution in [0.1, 0.15) is 113 Å². The van der Waals surface area contributed by atoms with E-state index in [9.17, 15) is 9.59 Å². The topological polar surface area (TPSA) is 81.2 Å².